The summed E-state index contributed by atoms with van der Waals surface area (Å²) in [5.41, 5.74) is 1.38. The first-order valence-corrected chi connectivity index (χ1v) is 13.2. The van der Waals surface area contributed by atoms with E-state index < -0.39 is 33.8 Å². The molecule has 1 atom stereocenters. The number of primary sulfonamides is 1. The number of benzene rings is 2. The number of amides is 3. The Labute approximate surface area is 209 Å². The fraction of sp³-hybridized carbons (Fsp3) is 0.360. The van der Waals surface area contributed by atoms with Gasteiger partial charge in [-0.1, -0.05) is 12.1 Å². The molecule has 36 heavy (non-hydrogen) atoms. The highest BCUT2D eigenvalue weighted by Crippen LogP contribution is 2.34. The summed E-state index contributed by atoms with van der Waals surface area (Å²) in [6.07, 6.45) is 1.72. The molecule has 3 amide bonds. The number of imide groups is 1. The van der Waals surface area contributed by atoms with Gasteiger partial charge in [0, 0.05) is 12.5 Å². The molecule has 1 saturated carbocycles. The maximum Gasteiger partial charge on any atom is 0.338 e. The highest BCUT2D eigenvalue weighted by atomic mass is 32.2. The van der Waals surface area contributed by atoms with E-state index in [4.69, 9.17) is 9.88 Å². The summed E-state index contributed by atoms with van der Waals surface area (Å²) in [4.78, 5) is 53.6. The van der Waals surface area contributed by atoms with Gasteiger partial charge in [-0.2, -0.15) is 0 Å². The van der Waals surface area contributed by atoms with Gasteiger partial charge in [-0.15, -0.1) is 0 Å². The maximum atomic E-state index is 13.3. The molecular weight excluding hydrogens is 486 g/mol. The average Bonchev–Trinajstić information content (AvgIpc) is 3.65. The zero-order valence-corrected chi connectivity index (χ0v) is 20.6. The van der Waals surface area contributed by atoms with Crippen LogP contribution < -0.4 is 10.0 Å². The van der Waals surface area contributed by atoms with Crippen molar-refractivity contribution in [3.63, 3.8) is 0 Å². The molecule has 1 unspecified atom stereocenters. The number of rotatable bonds is 9. The average molecular weight is 514 g/mol. The molecule has 0 spiro atoms. The van der Waals surface area contributed by atoms with E-state index in [1.165, 1.54) is 41.3 Å². The van der Waals surface area contributed by atoms with E-state index in [2.05, 4.69) is 0 Å². The van der Waals surface area contributed by atoms with Gasteiger partial charge in [0.25, 0.3) is 5.91 Å². The third-order valence-electron chi connectivity index (χ3n) is 6.24. The van der Waals surface area contributed by atoms with Crippen molar-refractivity contribution in [3.05, 3.63) is 59.7 Å². The standard InChI is InChI=1S/C25H27N3O7S/c1-2-35-25(32)18-7-9-19(10-8-18)28-22(29)15-21(24(28)31)27(23(30)17-5-6-17)14-13-16-3-11-20(12-4-16)36(26,33)34/h3-4,7-12,17,21H,2,5-6,13-15H2,1H3,(H2,26,33,34). The molecule has 1 aliphatic heterocycles. The fourth-order valence-corrected chi connectivity index (χ4v) is 4.69. The van der Waals surface area contributed by atoms with Gasteiger partial charge in [0.05, 0.1) is 29.2 Å². The summed E-state index contributed by atoms with van der Waals surface area (Å²) < 4.78 is 27.9. The van der Waals surface area contributed by atoms with Crippen molar-refractivity contribution in [2.24, 2.45) is 11.1 Å². The van der Waals surface area contributed by atoms with Crippen LogP contribution in [0.1, 0.15) is 42.1 Å². The molecule has 10 nitrogen and oxygen atoms in total. The molecule has 2 aromatic carbocycles. The van der Waals surface area contributed by atoms with Gasteiger partial charge in [0.2, 0.25) is 21.8 Å². The van der Waals surface area contributed by atoms with E-state index >= 15 is 0 Å². The first-order chi connectivity index (χ1) is 17.1. The van der Waals surface area contributed by atoms with Crippen LogP contribution in [-0.4, -0.2) is 56.2 Å². The van der Waals surface area contributed by atoms with Crippen molar-refractivity contribution in [2.75, 3.05) is 18.1 Å². The number of nitrogens with zero attached hydrogens (tertiary/aromatic N) is 2. The predicted octanol–water partition coefficient (Wildman–Crippen LogP) is 1.62. The van der Waals surface area contributed by atoms with Crippen molar-refractivity contribution in [1.82, 2.24) is 4.90 Å². The summed E-state index contributed by atoms with van der Waals surface area (Å²) in [6, 6.07) is 11.1. The molecule has 2 aromatic rings. The molecule has 2 N–H and O–H groups in total. The van der Waals surface area contributed by atoms with E-state index in [0.29, 0.717) is 17.7 Å². The molecule has 0 aromatic heterocycles. The van der Waals surface area contributed by atoms with E-state index in [-0.39, 0.29) is 36.3 Å². The van der Waals surface area contributed by atoms with Crippen LogP contribution in [0, 0.1) is 5.92 Å². The lowest BCUT2D eigenvalue weighted by Crippen LogP contribution is -2.47. The van der Waals surface area contributed by atoms with Gasteiger partial charge in [0.1, 0.15) is 6.04 Å². The summed E-state index contributed by atoms with van der Waals surface area (Å²) in [5.74, 6) is -1.75. The minimum Gasteiger partial charge on any atom is -0.462 e. The topological polar surface area (TPSA) is 144 Å². The quantitative estimate of drug-likeness (QED) is 0.396. The molecule has 1 saturated heterocycles. The van der Waals surface area contributed by atoms with Crippen molar-refractivity contribution >= 4 is 39.4 Å². The minimum atomic E-state index is -3.81. The number of hydrogen-bond acceptors (Lipinski definition) is 7. The van der Waals surface area contributed by atoms with Crippen LogP contribution in [0.5, 0.6) is 0 Å². The molecule has 4 rings (SSSR count). The van der Waals surface area contributed by atoms with Crippen molar-refractivity contribution < 1.29 is 32.3 Å². The van der Waals surface area contributed by atoms with Crippen LogP contribution in [0.15, 0.2) is 53.4 Å². The summed E-state index contributed by atoms with van der Waals surface area (Å²) in [5, 5.41) is 5.14. The number of hydrogen-bond donors (Lipinski definition) is 1. The second kappa shape index (κ2) is 10.2. The predicted molar refractivity (Wildman–Crippen MR) is 129 cm³/mol. The van der Waals surface area contributed by atoms with Gasteiger partial charge < -0.3 is 9.64 Å². The van der Waals surface area contributed by atoms with E-state index in [1.54, 1.807) is 19.1 Å². The first kappa shape index (κ1) is 25.5. The van der Waals surface area contributed by atoms with E-state index in [9.17, 15) is 27.6 Å². The summed E-state index contributed by atoms with van der Waals surface area (Å²) in [6.45, 7) is 2.12. The molecular formula is C25H27N3O7S. The van der Waals surface area contributed by atoms with Gasteiger partial charge in [-0.05, 0) is 68.1 Å². The number of anilines is 1. The van der Waals surface area contributed by atoms with Crippen molar-refractivity contribution in [3.8, 4) is 0 Å². The highest BCUT2D eigenvalue weighted by Gasteiger charge is 2.46. The Morgan fingerprint density at radius 1 is 1.06 bits per heavy atom. The smallest absolute Gasteiger partial charge is 0.338 e. The highest BCUT2D eigenvalue weighted by molar-refractivity contribution is 7.89. The Hall–Kier alpha value is -3.57. The summed E-state index contributed by atoms with van der Waals surface area (Å²) >= 11 is 0. The van der Waals surface area contributed by atoms with E-state index in [0.717, 1.165) is 23.3 Å². The Kier molecular flexibility index (Phi) is 7.23. The number of carbonyl (C=O) groups excluding carboxylic acids is 4. The Bertz CT molecular complexity index is 1290. The minimum absolute atomic E-state index is 0.0154. The second-order valence-electron chi connectivity index (χ2n) is 8.80. The van der Waals surface area contributed by atoms with Crippen LogP contribution in [0.3, 0.4) is 0 Å². The van der Waals surface area contributed by atoms with Gasteiger partial charge in [-0.25, -0.2) is 23.3 Å². The lowest BCUT2D eigenvalue weighted by molar-refractivity contribution is -0.139. The second-order valence-corrected chi connectivity index (χ2v) is 10.4. The zero-order valence-electron chi connectivity index (χ0n) is 19.8. The van der Waals surface area contributed by atoms with Crippen LogP contribution in [-0.2, 0) is 35.6 Å². The summed E-state index contributed by atoms with van der Waals surface area (Å²) in [7, 11) is -3.81. The molecule has 2 fully saturated rings. The van der Waals surface area contributed by atoms with Gasteiger partial charge in [-0.3, -0.25) is 14.4 Å². The van der Waals surface area contributed by atoms with Crippen LogP contribution in [0.4, 0.5) is 5.69 Å². The maximum absolute atomic E-state index is 13.3. The van der Waals surface area contributed by atoms with Gasteiger partial charge >= 0.3 is 5.97 Å². The Balaban J connectivity index is 1.51. The first-order valence-electron chi connectivity index (χ1n) is 11.7. The molecule has 0 bridgehead atoms. The normalized spacial score (nSPS) is 17.8. The van der Waals surface area contributed by atoms with Crippen molar-refractivity contribution in [1.29, 1.82) is 0 Å². The number of ether oxygens (including phenoxy) is 1. The molecule has 1 aliphatic carbocycles. The number of sulfonamides is 1. The lowest BCUT2D eigenvalue weighted by Gasteiger charge is -2.28. The number of esters is 1. The van der Waals surface area contributed by atoms with Crippen LogP contribution in [0.2, 0.25) is 0 Å². The lowest BCUT2D eigenvalue weighted by atomic mass is 10.1. The Morgan fingerprint density at radius 3 is 2.25 bits per heavy atom. The molecule has 1 heterocycles. The fourth-order valence-electron chi connectivity index (χ4n) is 4.17. The molecule has 190 valence electrons. The van der Waals surface area contributed by atoms with E-state index in [1.807, 2.05) is 0 Å². The molecule has 2 aliphatic rings. The van der Waals surface area contributed by atoms with Crippen LogP contribution in [0.25, 0.3) is 0 Å². The zero-order chi connectivity index (χ0) is 26.0. The SMILES string of the molecule is CCOC(=O)c1ccc(N2C(=O)CC(N(CCc3ccc(S(N)(=O)=O)cc3)C(=O)C3CC3)C2=O)cc1. The third kappa shape index (κ3) is 5.47. The Morgan fingerprint density at radius 2 is 1.69 bits per heavy atom. The number of carbonyl (C=O) groups is 4. The monoisotopic (exact) mass is 513 g/mol. The molecule has 0 radical (unpaired) electrons. The van der Waals surface area contributed by atoms with Crippen molar-refractivity contribution in [2.45, 2.75) is 43.5 Å². The van der Waals surface area contributed by atoms with Crippen LogP contribution >= 0.6 is 0 Å². The molecule has 11 heteroatoms. The number of nitrogens with two attached hydrogens (primary N) is 1. The third-order valence-corrected chi connectivity index (χ3v) is 7.17. The largest absolute Gasteiger partial charge is 0.462 e. The van der Waals surface area contributed by atoms with Gasteiger partial charge in [0.15, 0.2) is 0 Å².